The number of rotatable bonds is 8. The molecule has 1 fully saturated rings. The highest BCUT2D eigenvalue weighted by Crippen LogP contribution is 2.31. The van der Waals surface area contributed by atoms with Gasteiger partial charge in [-0.05, 0) is 38.2 Å². The molecule has 3 aromatic rings. The van der Waals surface area contributed by atoms with Crippen molar-refractivity contribution < 1.29 is 9.90 Å². The van der Waals surface area contributed by atoms with Crippen molar-refractivity contribution in [2.75, 3.05) is 18.0 Å². The number of anilines is 1. The summed E-state index contributed by atoms with van der Waals surface area (Å²) in [5.74, 6) is -1.25. The Balaban J connectivity index is 1.99. The van der Waals surface area contributed by atoms with Crippen LogP contribution in [0.3, 0.4) is 0 Å². The average molecular weight is 460 g/mol. The lowest BCUT2D eigenvalue weighted by atomic mass is 9.91. The normalized spacial score (nSPS) is 14.7. The summed E-state index contributed by atoms with van der Waals surface area (Å²) in [6, 6.07) is 17.7. The molecule has 1 atom stereocenters. The van der Waals surface area contributed by atoms with Crippen LogP contribution in [0.4, 0.5) is 5.95 Å². The molecule has 1 aromatic heterocycles. The minimum atomic E-state index is -0.980. The zero-order valence-electron chi connectivity index (χ0n) is 20.0. The van der Waals surface area contributed by atoms with Crippen molar-refractivity contribution in [2.45, 2.75) is 58.4 Å². The maximum atomic E-state index is 14.2. The minimum Gasteiger partial charge on any atom is -0.481 e. The molecule has 0 radical (unpaired) electrons. The second-order valence-corrected chi connectivity index (χ2v) is 9.14. The van der Waals surface area contributed by atoms with Gasteiger partial charge >= 0.3 is 5.97 Å². The van der Waals surface area contributed by atoms with Crippen molar-refractivity contribution in [3.63, 3.8) is 0 Å². The Hall–Kier alpha value is -3.41. The maximum absolute atomic E-state index is 14.2. The molecule has 34 heavy (non-hydrogen) atoms. The number of carboxylic acid groups (broad SMARTS) is 1. The summed E-state index contributed by atoms with van der Waals surface area (Å²) in [4.78, 5) is 33.8. The average Bonchev–Trinajstić information content (AvgIpc) is 2.85. The van der Waals surface area contributed by atoms with Crippen LogP contribution >= 0.6 is 0 Å². The molecular formula is C28H33N3O3. The van der Waals surface area contributed by atoms with E-state index < -0.39 is 11.9 Å². The van der Waals surface area contributed by atoms with Crippen LogP contribution in [0.15, 0.2) is 59.4 Å². The van der Waals surface area contributed by atoms with Crippen LogP contribution in [-0.4, -0.2) is 33.7 Å². The molecule has 1 N–H and O–H groups in total. The first kappa shape index (κ1) is 23.7. The van der Waals surface area contributed by atoms with Gasteiger partial charge in [0.05, 0.1) is 23.7 Å². The maximum Gasteiger partial charge on any atom is 0.311 e. The third-order valence-corrected chi connectivity index (χ3v) is 6.56. The van der Waals surface area contributed by atoms with Gasteiger partial charge in [0.15, 0.2) is 0 Å². The van der Waals surface area contributed by atoms with Crippen LogP contribution in [0.5, 0.6) is 0 Å². The second kappa shape index (κ2) is 10.7. The zero-order chi connectivity index (χ0) is 24.1. The molecule has 6 heteroatoms. The fourth-order valence-electron chi connectivity index (χ4n) is 4.73. The number of nitrogens with zero attached hydrogens (tertiary/aromatic N) is 3. The zero-order valence-corrected chi connectivity index (χ0v) is 20.0. The van der Waals surface area contributed by atoms with Gasteiger partial charge in [-0.15, -0.1) is 0 Å². The van der Waals surface area contributed by atoms with Crippen LogP contribution < -0.4 is 10.5 Å². The van der Waals surface area contributed by atoms with E-state index in [1.165, 1.54) is 6.42 Å². The van der Waals surface area contributed by atoms with Crippen molar-refractivity contribution in [1.82, 2.24) is 9.55 Å². The number of aliphatic carboxylic acids is 1. The first-order valence-electron chi connectivity index (χ1n) is 12.2. The highest BCUT2D eigenvalue weighted by Gasteiger charge is 2.30. The van der Waals surface area contributed by atoms with Crippen LogP contribution in [0.1, 0.15) is 61.6 Å². The Bertz CT molecular complexity index is 1180. The van der Waals surface area contributed by atoms with E-state index in [2.05, 4.69) is 4.90 Å². The molecule has 0 saturated carbocycles. The summed E-state index contributed by atoms with van der Waals surface area (Å²) in [6.45, 7) is 5.99. The van der Waals surface area contributed by atoms with E-state index in [9.17, 15) is 14.7 Å². The summed E-state index contributed by atoms with van der Waals surface area (Å²) < 4.78 is 1.69. The van der Waals surface area contributed by atoms with Crippen molar-refractivity contribution in [1.29, 1.82) is 0 Å². The minimum absolute atomic E-state index is 0.254. The smallest absolute Gasteiger partial charge is 0.311 e. The quantitative estimate of drug-likeness (QED) is 0.499. The number of carbonyl (C=O) groups is 1. The Morgan fingerprint density at radius 1 is 1.03 bits per heavy atom. The molecule has 0 bridgehead atoms. The predicted octanol–water partition coefficient (Wildman–Crippen LogP) is 5.23. The van der Waals surface area contributed by atoms with Gasteiger partial charge in [0.2, 0.25) is 5.95 Å². The fourth-order valence-corrected chi connectivity index (χ4v) is 4.73. The molecule has 6 nitrogen and oxygen atoms in total. The third-order valence-electron chi connectivity index (χ3n) is 6.56. The number of hydrogen-bond donors (Lipinski definition) is 1. The molecule has 2 heterocycles. The van der Waals surface area contributed by atoms with E-state index in [0.29, 0.717) is 31.0 Å². The molecule has 1 aliphatic heterocycles. The summed E-state index contributed by atoms with van der Waals surface area (Å²) in [7, 11) is 0. The molecule has 0 aliphatic carbocycles. The highest BCUT2D eigenvalue weighted by atomic mass is 16.4. The van der Waals surface area contributed by atoms with E-state index in [0.717, 1.165) is 42.6 Å². The van der Waals surface area contributed by atoms with Gasteiger partial charge in [0.1, 0.15) is 0 Å². The summed E-state index contributed by atoms with van der Waals surface area (Å²) >= 11 is 0. The standard InChI is InChI=1S/C28H33N3O3/c1-3-10-23(27(33)34)24-25(22-15-13-20(2)14-16-22)29-28(30-17-8-5-9-18-30)31(26(24)32)19-21-11-6-4-7-12-21/h4,6-7,11-16,23H,3,5,8-10,17-19H2,1-2H3,(H,33,34). The van der Waals surface area contributed by atoms with Crippen LogP contribution in [0.2, 0.25) is 0 Å². The van der Waals surface area contributed by atoms with Crippen molar-refractivity contribution in [2.24, 2.45) is 0 Å². The van der Waals surface area contributed by atoms with Gasteiger partial charge in [0, 0.05) is 18.7 Å². The van der Waals surface area contributed by atoms with E-state index in [-0.39, 0.29) is 11.1 Å². The second-order valence-electron chi connectivity index (χ2n) is 9.14. The molecule has 0 spiro atoms. The van der Waals surface area contributed by atoms with Crippen LogP contribution in [-0.2, 0) is 11.3 Å². The molecule has 1 aliphatic rings. The van der Waals surface area contributed by atoms with Gasteiger partial charge in [-0.3, -0.25) is 14.2 Å². The van der Waals surface area contributed by atoms with Gasteiger partial charge in [-0.2, -0.15) is 0 Å². The summed E-state index contributed by atoms with van der Waals surface area (Å²) in [6.07, 6.45) is 4.32. The molecule has 4 rings (SSSR count). The van der Waals surface area contributed by atoms with Gasteiger partial charge < -0.3 is 10.0 Å². The van der Waals surface area contributed by atoms with E-state index >= 15 is 0 Å². The first-order chi connectivity index (χ1) is 16.5. The number of aryl methyl sites for hydroxylation is 1. The van der Waals surface area contributed by atoms with Gasteiger partial charge in [-0.1, -0.05) is 73.5 Å². The lowest BCUT2D eigenvalue weighted by Gasteiger charge is -2.31. The summed E-state index contributed by atoms with van der Waals surface area (Å²) in [5.41, 5.74) is 3.40. The van der Waals surface area contributed by atoms with Gasteiger partial charge in [-0.25, -0.2) is 4.98 Å². The number of hydrogen-bond acceptors (Lipinski definition) is 4. The lowest BCUT2D eigenvalue weighted by molar-refractivity contribution is -0.139. The van der Waals surface area contributed by atoms with E-state index in [1.807, 2.05) is 68.4 Å². The third kappa shape index (κ3) is 5.06. The molecule has 1 unspecified atom stereocenters. The monoisotopic (exact) mass is 459 g/mol. The summed E-state index contributed by atoms with van der Waals surface area (Å²) in [5, 5.41) is 10.1. The fraction of sp³-hybridized carbons (Fsp3) is 0.393. The Kier molecular flexibility index (Phi) is 7.46. The predicted molar refractivity (Wildman–Crippen MR) is 136 cm³/mol. The number of piperidine rings is 1. The Morgan fingerprint density at radius 3 is 2.32 bits per heavy atom. The lowest BCUT2D eigenvalue weighted by Crippen LogP contribution is -2.39. The molecular weight excluding hydrogens is 426 g/mol. The number of benzene rings is 2. The van der Waals surface area contributed by atoms with E-state index in [1.54, 1.807) is 4.57 Å². The van der Waals surface area contributed by atoms with Crippen molar-refractivity contribution >= 4 is 11.9 Å². The molecule has 2 aromatic carbocycles. The largest absolute Gasteiger partial charge is 0.481 e. The topological polar surface area (TPSA) is 75.4 Å². The molecule has 1 saturated heterocycles. The van der Waals surface area contributed by atoms with E-state index in [4.69, 9.17) is 4.98 Å². The van der Waals surface area contributed by atoms with Crippen LogP contribution in [0.25, 0.3) is 11.3 Å². The first-order valence-corrected chi connectivity index (χ1v) is 12.2. The SMILES string of the molecule is CCCC(C(=O)O)c1c(-c2ccc(C)cc2)nc(N2CCCCC2)n(Cc2ccccc2)c1=O. The number of carboxylic acids is 1. The molecule has 178 valence electrons. The Labute approximate surface area is 200 Å². The van der Waals surface area contributed by atoms with Gasteiger partial charge in [0.25, 0.3) is 5.56 Å². The number of aromatic nitrogens is 2. The highest BCUT2D eigenvalue weighted by molar-refractivity contribution is 5.80. The van der Waals surface area contributed by atoms with Crippen LogP contribution in [0, 0.1) is 6.92 Å². The molecule has 0 amide bonds. The van der Waals surface area contributed by atoms with Crippen molar-refractivity contribution in [3.05, 3.63) is 81.6 Å². The van der Waals surface area contributed by atoms with Crippen molar-refractivity contribution in [3.8, 4) is 11.3 Å². The Morgan fingerprint density at radius 2 is 1.71 bits per heavy atom.